The molecule has 0 aromatic heterocycles. The molecule has 0 N–H and O–H groups in total. The van der Waals surface area contributed by atoms with Crippen molar-refractivity contribution < 1.29 is 19.1 Å². The topological polar surface area (TPSA) is 52.6 Å². The highest BCUT2D eigenvalue weighted by Gasteiger charge is 2.25. The third-order valence-corrected chi connectivity index (χ3v) is 9.47. The fourth-order valence-corrected chi connectivity index (χ4v) is 6.95. The molecule has 0 radical (unpaired) electrons. The predicted molar refractivity (Wildman–Crippen MR) is 204 cm³/mol. The molecule has 0 bridgehead atoms. The number of benzene rings is 8. The number of carbonyl (C=O) groups is 2. The first-order valence-electron chi connectivity index (χ1n) is 16.7. The molecular weight excluding hydrogens is 617 g/mol. The maximum absolute atomic E-state index is 13.6. The quantitative estimate of drug-likeness (QED) is 0.106. The first-order valence-corrected chi connectivity index (χ1v) is 16.7. The highest BCUT2D eigenvalue weighted by Crippen LogP contribution is 2.50. The van der Waals surface area contributed by atoms with Crippen LogP contribution in [0, 0.1) is 27.7 Å². The van der Waals surface area contributed by atoms with E-state index in [2.05, 4.69) is 50.2 Å². The lowest BCUT2D eigenvalue weighted by Gasteiger charge is -2.22. The third kappa shape index (κ3) is 5.36. The van der Waals surface area contributed by atoms with E-state index < -0.39 is 11.9 Å². The lowest BCUT2D eigenvalue weighted by atomic mass is 9.84. The summed E-state index contributed by atoms with van der Waals surface area (Å²) in [4.78, 5) is 27.2. The second kappa shape index (κ2) is 12.3. The van der Waals surface area contributed by atoms with Gasteiger partial charge in [0, 0.05) is 21.5 Å². The van der Waals surface area contributed by atoms with Crippen LogP contribution in [0.1, 0.15) is 43.0 Å². The van der Waals surface area contributed by atoms with E-state index in [1.807, 2.05) is 86.6 Å². The molecule has 8 rings (SSSR count). The van der Waals surface area contributed by atoms with Crippen LogP contribution in [-0.4, -0.2) is 11.9 Å². The van der Waals surface area contributed by atoms with Crippen LogP contribution in [0.25, 0.3) is 54.2 Å². The summed E-state index contributed by atoms with van der Waals surface area (Å²) in [5.74, 6) is 0.240. The minimum atomic E-state index is -0.406. The zero-order valence-electron chi connectivity index (χ0n) is 28.3. The van der Waals surface area contributed by atoms with Gasteiger partial charge in [0.25, 0.3) is 0 Å². The maximum atomic E-state index is 13.6. The molecule has 0 fully saturated rings. The van der Waals surface area contributed by atoms with E-state index in [0.29, 0.717) is 22.6 Å². The highest BCUT2D eigenvalue weighted by atomic mass is 16.5. The molecule has 0 aliphatic carbocycles. The van der Waals surface area contributed by atoms with Gasteiger partial charge in [0.05, 0.1) is 11.1 Å². The van der Waals surface area contributed by atoms with E-state index in [4.69, 9.17) is 9.47 Å². The van der Waals surface area contributed by atoms with Crippen LogP contribution in [0.2, 0.25) is 0 Å². The van der Waals surface area contributed by atoms with E-state index in [0.717, 1.165) is 76.5 Å². The number of ether oxygens (including phenoxy) is 2. The number of esters is 2. The third-order valence-electron chi connectivity index (χ3n) is 9.47. The molecule has 0 saturated heterocycles. The summed E-state index contributed by atoms with van der Waals surface area (Å²) < 4.78 is 12.6. The predicted octanol–water partition coefficient (Wildman–Crippen LogP) is 11.6. The number of hydrogen-bond acceptors (Lipinski definition) is 4. The second-order valence-electron chi connectivity index (χ2n) is 13.1. The van der Waals surface area contributed by atoms with Crippen LogP contribution in [0.5, 0.6) is 11.5 Å². The summed E-state index contributed by atoms with van der Waals surface area (Å²) in [5, 5.41) is 7.18. The highest BCUT2D eigenvalue weighted by molar-refractivity contribution is 6.27. The fraction of sp³-hybridized carbons (Fsp3) is 0.0870. The molecule has 0 amide bonds. The summed E-state index contributed by atoms with van der Waals surface area (Å²) >= 11 is 0. The van der Waals surface area contributed by atoms with Gasteiger partial charge < -0.3 is 9.47 Å². The van der Waals surface area contributed by atoms with E-state index in [9.17, 15) is 9.59 Å². The Hall–Kier alpha value is -6.26. The summed E-state index contributed by atoms with van der Waals surface area (Å²) in [6.45, 7) is 8.13. The smallest absolute Gasteiger partial charge is 0.343 e. The summed E-state index contributed by atoms with van der Waals surface area (Å²) in [7, 11) is 0. The molecule has 50 heavy (non-hydrogen) atoms. The SMILES string of the molecule is Cc1ccc(C(=O)Oc2c3ccccc3c(-c3c4ccccc4c(OC(=O)c4ccc(C)cc4)c4ccc(C)cc34)c3cc(C)ccc23)cc1. The Bertz CT molecular complexity index is 2460. The Morgan fingerprint density at radius 1 is 0.360 bits per heavy atom. The maximum Gasteiger partial charge on any atom is 0.343 e. The minimum Gasteiger partial charge on any atom is -0.422 e. The van der Waals surface area contributed by atoms with Crippen molar-refractivity contribution in [3.05, 3.63) is 167 Å². The lowest BCUT2D eigenvalue weighted by Crippen LogP contribution is -2.10. The summed E-state index contributed by atoms with van der Waals surface area (Å²) in [6, 6.07) is 43.6. The van der Waals surface area contributed by atoms with Crippen molar-refractivity contribution in [1.82, 2.24) is 0 Å². The molecule has 0 unspecified atom stereocenters. The molecular formula is C46H34O4. The first kappa shape index (κ1) is 31.0. The molecule has 8 aromatic rings. The normalized spacial score (nSPS) is 11.4. The average molecular weight is 651 g/mol. The Labute approximate surface area is 290 Å². The number of fused-ring (bicyclic) bond motifs is 4. The molecule has 242 valence electrons. The molecule has 0 aliphatic heterocycles. The van der Waals surface area contributed by atoms with Crippen LogP contribution in [0.3, 0.4) is 0 Å². The standard InChI is InChI=1S/C46H34O4/c1-27-13-19-31(20-14-27)45(47)49-43-35-11-7-5-9-33(35)41(39-25-29(3)17-23-37(39)43)42-34-10-6-8-12-36(34)44(38-24-18-30(4)26-40(38)42)50-46(48)32-21-15-28(2)16-22-32/h5-26H,1-4H3. The molecule has 8 aromatic carbocycles. The van der Waals surface area contributed by atoms with Crippen molar-refractivity contribution in [2.45, 2.75) is 27.7 Å². The van der Waals surface area contributed by atoms with Crippen molar-refractivity contribution in [1.29, 1.82) is 0 Å². The number of rotatable bonds is 5. The molecule has 0 atom stereocenters. The number of hydrogen-bond donors (Lipinski definition) is 0. The van der Waals surface area contributed by atoms with Gasteiger partial charge in [-0.15, -0.1) is 0 Å². The van der Waals surface area contributed by atoms with Gasteiger partial charge in [-0.25, -0.2) is 9.59 Å². The van der Waals surface area contributed by atoms with Gasteiger partial charge >= 0.3 is 11.9 Å². The largest absolute Gasteiger partial charge is 0.422 e. The van der Waals surface area contributed by atoms with Crippen molar-refractivity contribution >= 4 is 55.0 Å². The number of aryl methyl sites for hydroxylation is 4. The Balaban J connectivity index is 1.43. The lowest BCUT2D eigenvalue weighted by molar-refractivity contribution is 0.0730. The molecule has 0 spiro atoms. The van der Waals surface area contributed by atoms with Crippen molar-refractivity contribution in [2.75, 3.05) is 0 Å². The van der Waals surface area contributed by atoms with Crippen LogP contribution < -0.4 is 9.47 Å². The van der Waals surface area contributed by atoms with Gasteiger partial charge in [-0.3, -0.25) is 0 Å². The monoisotopic (exact) mass is 650 g/mol. The van der Waals surface area contributed by atoms with E-state index in [1.165, 1.54) is 0 Å². The fourth-order valence-electron chi connectivity index (χ4n) is 6.95. The summed E-state index contributed by atoms with van der Waals surface area (Å²) in [5.41, 5.74) is 7.34. The molecule has 0 aliphatic rings. The van der Waals surface area contributed by atoms with E-state index in [-0.39, 0.29) is 0 Å². The van der Waals surface area contributed by atoms with Crippen molar-refractivity contribution in [3.8, 4) is 22.6 Å². The van der Waals surface area contributed by atoms with Gasteiger partial charge in [-0.2, -0.15) is 0 Å². The second-order valence-corrected chi connectivity index (χ2v) is 13.1. The summed E-state index contributed by atoms with van der Waals surface area (Å²) in [6.07, 6.45) is 0. The van der Waals surface area contributed by atoms with E-state index >= 15 is 0 Å². The Kier molecular flexibility index (Phi) is 7.65. The van der Waals surface area contributed by atoms with Crippen molar-refractivity contribution in [2.24, 2.45) is 0 Å². The van der Waals surface area contributed by atoms with Gasteiger partial charge in [0.1, 0.15) is 11.5 Å². The average Bonchev–Trinajstić information content (AvgIpc) is 3.12. The first-order chi connectivity index (χ1) is 24.3. The zero-order chi connectivity index (χ0) is 34.5. The van der Waals surface area contributed by atoms with Gasteiger partial charge in [-0.05, 0) is 84.6 Å². The number of carbonyl (C=O) groups excluding carboxylic acids is 2. The molecule has 4 heteroatoms. The van der Waals surface area contributed by atoms with Crippen LogP contribution in [0.15, 0.2) is 133 Å². The minimum absolute atomic E-state index is 0.406. The van der Waals surface area contributed by atoms with E-state index in [1.54, 1.807) is 24.3 Å². The molecule has 0 heterocycles. The van der Waals surface area contributed by atoms with Crippen molar-refractivity contribution in [3.63, 3.8) is 0 Å². The molecule has 0 saturated carbocycles. The Morgan fingerprint density at radius 3 is 1.06 bits per heavy atom. The molecule has 4 nitrogen and oxygen atoms in total. The Morgan fingerprint density at radius 2 is 0.680 bits per heavy atom. The van der Waals surface area contributed by atoms with Crippen LogP contribution in [0.4, 0.5) is 0 Å². The van der Waals surface area contributed by atoms with Gasteiger partial charge in [0.15, 0.2) is 0 Å². The van der Waals surface area contributed by atoms with Gasteiger partial charge in [0.2, 0.25) is 0 Å². The van der Waals surface area contributed by atoms with Gasteiger partial charge in [-0.1, -0.05) is 131 Å². The van der Waals surface area contributed by atoms with Crippen LogP contribution >= 0.6 is 0 Å². The zero-order valence-corrected chi connectivity index (χ0v) is 28.3. The van der Waals surface area contributed by atoms with Crippen LogP contribution in [-0.2, 0) is 0 Å².